The summed E-state index contributed by atoms with van der Waals surface area (Å²) in [6.07, 6.45) is -0.842. The predicted molar refractivity (Wildman–Crippen MR) is 106 cm³/mol. The van der Waals surface area contributed by atoms with Gasteiger partial charge in [-0.25, -0.2) is 17.6 Å². The first-order valence-corrected chi connectivity index (χ1v) is 10.4. The van der Waals surface area contributed by atoms with E-state index < -0.39 is 21.7 Å². The number of hydrogen-bond acceptors (Lipinski definition) is 4. The van der Waals surface area contributed by atoms with Crippen LogP contribution < -0.4 is 5.32 Å². The van der Waals surface area contributed by atoms with Crippen molar-refractivity contribution in [1.29, 1.82) is 0 Å². The van der Waals surface area contributed by atoms with E-state index in [-0.39, 0.29) is 22.1 Å². The topological polar surface area (TPSA) is 72.5 Å². The van der Waals surface area contributed by atoms with E-state index in [9.17, 15) is 17.6 Å². The fourth-order valence-electron chi connectivity index (χ4n) is 2.40. The van der Waals surface area contributed by atoms with Crippen LogP contribution in [-0.4, -0.2) is 14.5 Å². The molecule has 0 radical (unpaired) electrons. The number of nitrogens with one attached hydrogen (secondary N) is 1. The molecule has 0 atom stereocenters. The third-order valence-electron chi connectivity index (χ3n) is 3.81. The van der Waals surface area contributed by atoms with Gasteiger partial charge < -0.3 is 4.74 Å². The fraction of sp³-hybridized carbons (Fsp3) is 0.0500. The standard InChI is InChI=1S/C20H15BrFNO4S/c21-15-7-4-8-16(11-15)28(25,26)17-9-10-19(18(22)12-17)23-20(24)27-13-14-5-2-1-3-6-14/h1-12H,13H2,(H,23,24). The molecule has 8 heteroatoms. The summed E-state index contributed by atoms with van der Waals surface area (Å²) in [7, 11) is -3.89. The van der Waals surface area contributed by atoms with E-state index in [0.29, 0.717) is 4.47 Å². The lowest BCUT2D eigenvalue weighted by Gasteiger charge is -2.10. The maximum atomic E-state index is 14.4. The van der Waals surface area contributed by atoms with Crippen LogP contribution in [0.2, 0.25) is 0 Å². The average Bonchev–Trinajstić information content (AvgIpc) is 2.68. The molecule has 0 heterocycles. The second-order valence-electron chi connectivity index (χ2n) is 5.79. The van der Waals surface area contributed by atoms with Gasteiger partial charge >= 0.3 is 6.09 Å². The summed E-state index contributed by atoms with van der Waals surface area (Å²) < 4.78 is 45.2. The molecule has 0 aliphatic rings. The average molecular weight is 464 g/mol. The molecule has 144 valence electrons. The number of anilines is 1. The van der Waals surface area contributed by atoms with Gasteiger partial charge in [-0.2, -0.15) is 0 Å². The third kappa shape index (κ3) is 4.76. The summed E-state index contributed by atoms with van der Waals surface area (Å²) in [5, 5.41) is 2.27. The molecule has 3 aromatic rings. The zero-order valence-corrected chi connectivity index (χ0v) is 16.8. The molecule has 1 N–H and O–H groups in total. The van der Waals surface area contributed by atoms with Gasteiger partial charge in [-0.05, 0) is 42.0 Å². The van der Waals surface area contributed by atoms with E-state index in [4.69, 9.17) is 4.74 Å². The van der Waals surface area contributed by atoms with Gasteiger partial charge in [0.2, 0.25) is 9.84 Å². The van der Waals surface area contributed by atoms with Crippen LogP contribution in [-0.2, 0) is 21.2 Å². The molecular weight excluding hydrogens is 449 g/mol. The number of hydrogen-bond donors (Lipinski definition) is 1. The zero-order valence-electron chi connectivity index (χ0n) is 14.4. The Morgan fingerprint density at radius 1 is 0.964 bits per heavy atom. The van der Waals surface area contributed by atoms with Crippen LogP contribution in [0, 0.1) is 5.82 Å². The molecule has 3 rings (SSSR count). The van der Waals surface area contributed by atoms with E-state index in [2.05, 4.69) is 21.2 Å². The van der Waals surface area contributed by atoms with Gasteiger partial charge in [0.1, 0.15) is 12.4 Å². The molecule has 0 unspecified atom stereocenters. The molecule has 0 saturated heterocycles. The summed E-state index contributed by atoms with van der Waals surface area (Å²) in [6.45, 7) is 0.0314. The Kier molecular flexibility index (Phi) is 6.11. The Bertz CT molecular complexity index is 1100. The highest BCUT2D eigenvalue weighted by Crippen LogP contribution is 2.26. The predicted octanol–water partition coefficient (Wildman–Crippen LogP) is 5.17. The second kappa shape index (κ2) is 8.53. The Morgan fingerprint density at radius 3 is 2.36 bits per heavy atom. The SMILES string of the molecule is O=C(Nc1ccc(S(=O)(=O)c2cccc(Br)c2)cc1F)OCc1ccccc1. The van der Waals surface area contributed by atoms with Gasteiger partial charge in [0.15, 0.2) is 0 Å². The molecule has 28 heavy (non-hydrogen) atoms. The normalized spacial score (nSPS) is 11.1. The van der Waals surface area contributed by atoms with Gasteiger partial charge in [0.25, 0.3) is 0 Å². The smallest absolute Gasteiger partial charge is 0.412 e. The summed E-state index contributed by atoms with van der Waals surface area (Å²) in [6, 6.07) is 18.4. The highest BCUT2D eigenvalue weighted by Gasteiger charge is 2.20. The maximum absolute atomic E-state index is 14.4. The number of ether oxygens (including phenoxy) is 1. The van der Waals surface area contributed by atoms with E-state index in [1.807, 2.05) is 6.07 Å². The highest BCUT2D eigenvalue weighted by molar-refractivity contribution is 9.10. The molecule has 0 aromatic heterocycles. The van der Waals surface area contributed by atoms with Crippen molar-refractivity contribution in [3.8, 4) is 0 Å². The Morgan fingerprint density at radius 2 is 1.68 bits per heavy atom. The van der Waals surface area contributed by atoms with Gasteiger partial charge in [-0.3, -0.25) is 5.32 Å². The molecule has 0 bridgehead atoms. The van der Waals surface area contributed by atoms with Crippen molar-refractivity contribution < 1.29 is 22.3 Å². The zero-order chi connectivity index (χ0) is 20.1. The van der Waals surface area contributed by atoms with Crippen LogP contribution in [0.15, 0.2) is 87.1 Å². The minimum atomic E-state index is -3.89. The summed E-state index contributed by atoms with van der Waals surface area (Å²) >= 11 is 3.21. The van der Waals surface area contributed by atoms with Crippen molar-refractivity contribution in [2.24, 2.45) is 0 Å². The van der Waals surface area contributed by atoms with Crippen molar-refractivity contribution in [2.45, 2.75) is 16.4 Å². The molecule has 0 saturated carbocycles. The first-order chi connectivity index (χ1) is 13.4. The van der Waals surface area contributed by atoms with Gasteiger partial charge in [0.05, 0.1) is 15.5 Å². The molecule has 3 aromatic carbocycles. The monoisotopic (exact) mass is 463 g/mol. The lowest BCUT2D eigenvalue weighted by atomic mass is 10.2. The number of carbonyl (C=O) groups excluding carboxylic acids is 1. The molecule has 0 aliphatic heterocycles. The highest BCUT2D eigenvalue weighted by atomic mass is 79.9. The number of halogens is 2. The maximum Gasteiger partial charge on any atom is 0.412 e. The van der Waals surface area contributed by atoms with Crippen molar-refractivity contribution in [2.75, 3.05) is 5.32 Å². The van der Waals surface area contributed by atoms with E-state index in [0.717, 1.165) is 11.6 Å². The summed E-state index contributed by atoms with van der Waals surface area (Å²) in [4.78, 5) is 11.7. The Labute approximate surface area is 170 Å². The van der Waals surface area contributed by atoms with E-state index in [1.165, 1.54) is 24.3 Å². The Hall–Kier alpha value is -2.71. The largest absolute Gasteiger partial charge is 0.444 e. The van der Waals surface area contributed by atoms with Crippen molar-refractivity contribution in [1.82, 2.24) is 0 Å². The minimum Gasteiger partial charge on any atom is -0.444 e. The van der Waals surface area contributed by atoms with E-state index >= 15 is 0 Å². The third-order valence-corrected chi connectivity index (χ3v) is 6.05. The number of carbonyl (C=O) groups is 1. The van der Waals surface area contributed by atoms with Crippen LogP contribution in [0.4, 0.5) is 14.9 Å². The lowest BCUT2D eigenvalue weighted by molar-refractivity contribution is 0.155. The number of rotatable bonds is 5. The van der Waals surface area contributed by atoms with Crippen LogP contribution >= 0.6 is 15.9 Å². The number of benzene rings is 3. The molecule has 5 nitrogen and oxygen atoms in total. The quantitative estimate of drug-likeness (QED) is 0.566. The Balaban J connectivity index is 1.72. The van der Waals surface area contributed by atoms with Crippen molar-refractivity contribution in [3.63, 3.8) is 0 Å². The molecule has 0 aliphatic carbocycles. The van der Waals surface area contributed by atoms with Crippen molar-refractivity contribution in [3.05, 3.63) is 88.6 Å². The summed E-state index contributed by atoms with van der Waals surface area (Å²) in [5.74, 6) is -0.882. The number of amides is 1. The van der Waals surface area contributed by atoms with Crippen LogP contribution in [0.1, 0.15) is 5.56 Å². The second-order valence-corrected chi connectivity index (χ2v) is 8.65. The molecular formula is C20H15BrFNO4S. The van der Waals surface area contributed by atoms with Gasteiger partial charge in [-0.15, -0.1) is 0 Å². The first-order valence-electron chi connectivity index (χ1n) is 8.14. The van der Waals surface area contributed by atoms with Crippen LogP contribution in [0.25, 0.3) is 0 Å². The van der Waals surface area contributed by atoms with Gasteiger partial charge in [0, 0.05) is 4.47 Å². The molecule has 0 fully saturated rings. The van der Waals surface area contributed by atoms with Crippen molar-refractivity contribution >= 4 is 37.5 Å². The van der Waals surface area contributed by atoms with E-state index in [1.54, 1.807) is 36.4 Å². The number of sulfone groups is 1. The minimum absolute atomic E-state index is 0.0314. The van der Waals surface area contributed by atoms with Crippen LogP contribution in [0.3, 0.4) is 0 Å². The fourth-order valence-corrected chi connectivity index (χ4v) is 4.27. The van der Waals surface area contributed by atoms with Gasteiger partial charge in [-0.1, -0.05) is 52.3 Å². The molecule has 1 amide bonds. The first kappa shape index (κ1) is 20.0. The van der Waals surface area contributed by atoms with Crippen LogP contribution in [0.5, 0.6) is 0 Å². The molecule has 0 spiro atoms. The lowest BCUT2D eigenvalue weighted by Crippen LogP contribution is -2.15. The summed E-state index contributed by atoms with van der Waals surface area (Å²) in [5.41, 5.74) is 0.611.